The minimum atomic E-state index is -0.501. The number of ether oxygens (including phenoxy) is 1. The number of nitrogens with zero attached hydrogens (tertiary/aromatic N) is 1. The van der Waals surface area contributed by atoms with Crippen LogP contribution >= 0.6 is 11.3 Å². The van der Waals surface area contributed by atoms with Crippen molar-refractivity contribution >= 4 is 11.3 Å². The average molecular weight is 323 g/mol. The van der Waals surface area contributed by atoms with Gasteiger partial charge in [0.25, 0.3) is 0 Å². The Hall–Kier alpha value is -1.14. The fourth-order valence-electron chi connectivity index (χ4n) is 2.24. The molecule has 2 aromatic heterocycles. The lowest BCUT2D eigenvalue weighted by Gasteiger charge is -2.28. The first-order chi connectivity index (χ1) is 10.5. The number of aryl methyl sites for hydroxylation is 1. The third kappa shape index (κ3) is 5.57. The highest BCUT2D eigenvalue weighted by Crippen LogP contribution is 2.18. The summed E-state index contributed by atoms with van der Waals surface area (Å²) in [5, 5.41) is 10.2. The van der Waals surface area contributed by atoms with E-state index in [-0.39, 0.29) is 0 Å². The molecule has 0 spiro atoms. The Morgan fingerprint density at radius 3 is 2.73 bits per heavy atom. The molecule has 0 fully saturated rings. The maximum atomic E-state index is 10.2. The molecule has 2 aromatic rings. The SMILES string of the molecule is Cc1ccc(CN(C[C@@H](O)COCc2ccco2)C(C)C)s1. The fourth-order valence-corrected chi connectivity index (χ4v) is 3.16. The van der Waals surface area contributed by atoms with Gasteiger partial charge in [0.1, 0.15) is 12.4 Å². The molecule has 0 aliphatic rings. The van der Waals surface area contributed by atoms with Crippen molar-refractivity contribution in [3.05, 3.63) is 46.0 Å². The third-order valence-corrected chi connectivity index (χ3v) is 4.45. The summed E-state index contributed by atoms with van der Waals surface area (Å²) in [5.41, 5.74) is 0. The van der Waals surface area contributed by atoms with Crippen molar-refractivity contribution in [2.45, 2.75) is 46.1 Å². The number of thiophene rings is 1. The molecule has 0 amide bonds. The predicted molar refractivity (Wildman–Crippen MR) is 89.0 cm³/mol. The van der Waals surface area contributed by atoms with Crippen LogP contribution in [0, 0.1) is 6.92 Å². The molecule has 0 saturated carbocycles. The molecule has 122 valence electrons. The van der Waals surface area contributed by atoms with E-state index in [1.54, 1.807) is 6.26 Å². The van der Waals surface area contributed by atoms with Crippen LogP contribution in [0.25, 0.3) is 0 Å². The largest absolute Gasteiger partial charge is 0.467 e. The van der Waals surface area contributed by atoms with Crippen LogP contribution in [0.5, 0.6) is 0 Å². The number of rotatable bonds is 9. The van der Waals surface area contributed by atoms with Crippen molar-refractivity contribution in [3.63, 3.8) is 0 Å². The summed E-state index contributed by atoms with van der Waals surface area (Å²) >= 11 is 1.81. The van der Waals surface area contributed by atoms with Gasteiger partial charge in [-0.2, -0.15) is 0 Å². The molecule has 0 radical (unpaired) electrons. The second-order valence-electron chi connectivity index (χ2n) is 5.78. The van der Waals surface area contributed by atoms with E-state index in [4.69, 9.17) is 9.15 Å². The summed E-state index contributed by atoms with van der Waals surface area (Å²) in [6.07, 6.45) is 1.12. The molecule has 5 heteroatoms. The number of aliphatic hydroxyl groups is 1. The van der Waals surface area contributed by atoms with Crippen LogP contribution in [0.4, 0.5) is 0 Å². The van der Waals surface area contributed by atoms with Crippen molar-refractivity contribution in [2.75, 3.05) is 13.2 Å². The number of aliphatic hydroxyl groups excluding tert-OH is 1. The maximum absolute atomic E-state index is 10.2. The van der Waals surface area contributed by atoms with Gasteiger partial charge in [0.2, 0.25) is 0 Å². The topological polar surface area (TPSA) is 45.8 Å². The molecule has 0 unspecified atom stereocenters. The molecule has 2 heterocycles. The Labute approximate surface area is 136 Å². The zero-order valence-corrected chi connectivity index (χ0v) is 14.3. The monoisotopic (exact) mass is 323 g/mol. The van der Waals surface area contributed by atoms with E-state index >= 15 is 0 Å². The van der Waals surface area contributed by atoms with Crippen LogP contribution in [0.3, 0.4) is 0 Å². The molecule has 0 aromatic carbocycles. The first-order valence-corrected chi connectivity index (χ1v) is 8.44. The van der Waals surface area contributed by atoms with Crippen molar-refractivity contribution < 1.29 is 14.3 Å². The molecule has 1 atom stereocenters. The summed E-state index contributed by atoms with van der Waals surface area (Å²) in [5.74, 6) is 0.780. The summed E-state index contributed by atoms with van der Waals surface area (Å²) in [6.45, 7) is 8.60. The Bertz CT molecular complexity index is 536. The molecule has 4 nitrogen and oxygen atoms in total. The lowest BCUT2D eigenvalue weighted by Crippen LogP contribution is -2.38. The van der Waals surface area contributed by atoms with E-state index in [9.17, 15) is 5.11 Å². The van der Waals surface area contributed by atoms with Gasteiger partial charge in [-0.1, -0.05) is 0 Å². The summed E-state index contributed by atoms with van der Waals surface area (Å²) in [7, 11) is 0. The molecular formula is C17H25NO3S. The normalized spacial score (nSPS) is 13.2. The number of hydrogen-bond donors (Lipinski definition) is 1. The highest BCUT2D eigenvalue weighted by molar-refractivity contribution is 7.11. The van der Waals surface area contributed by atoms with Gasteiger partial charge in [-0.15, -0.1) is 11.3 Å². The van der Waals surface area contributed by atoms with E-state index in [1.807, 2.05) is 23.5 Å². The van der Waals surface area contributed by atoms with Gasteiger partial charge in [0, 0.05) is 28.9 Å². The Morgan fingerprint density at radius 1 is 1.32 bits per heavy atom. The van der Waals surface area contributed by atoms with Crippen molar-refractivity contribution in [1.82, 2.24) is 4.90 Å². The quantitative estimate of drug-likeness (QED) is 0.768. The van der Waals surface area contributed by atoms with Crippen molar-refractivity contribution in [2.24, 2.45) is 0 Å². The van der Waals surface area contributed by atoms with Gasteiger partial charge in [-0.05, 0) is 45.0 Å². The summed E-state index contributed by atoms with van der Waals surface area (Å²) < 4.78 is 10.7. The Kier molecular flexibility index (Phi) is 6.64. The maximum Gasteiger partial charge on any atom is 0.129 e. The van der Waals surface area contributed by atoms with Crippen LogP contribution in [0.1, 0.15) is 29.4 Å². The van der Waals surface area contributed by atoms with Crippen LogP contribution in [-0.4, -0.2) is 35.3 Å². The van der Waals surface area contributed by atoms with Gasteiger partial charge in [0.15, 0.2) is 0 Å². The standard InChI is InChI=1S/C17H25NO3S/c1-13(2)18(10-17-7-6-14(3)22-17)9-15(19)11-20-12-16-5-4-8-21-16/h4-8,13,15,19H,9-12H2,1-3H3/t15-/m1/s1. The second kappa shape index (κ2) is 8.48. The van der Waals surface area contributed by atoms with Crippen LogP contribution in [-0.2, 0) is 17.9 Å². The zero-order chi connectivity index (χ0) is 15.9. The van der Waals surface area contributed by atoms with Gasteiger partial charge < -0.3 is 14.3 Å². The summed E-state index contributed by atoms with van der Waals surface area (Å²) in [4.78, 5) is 4.92. The van der Waals surface area contributed by atoms with Crippen molar-refractivity contribution in [3.8, 4) is 0 Å². The molecule has 22 heavy (non-hydrogen) atoms. The van der Waals surface area contributed by atoms with Crippen molar-refractivity contribution in [1.29, 1.82) is 0 Å². The second-order valence-corrected chi connectivity index (χ2v) is 7.16. The molecule has 0 saturated heterocycles. The van der Waals surface area contributed by atoms with Crippen LogP contribution in [0.2, 0.25) is 0 Å². The fraction of sp³-hybridized carbons (Fsp3) is 0.529. The van der Waals surface area contributed by atoms with E-state index in [2.05, 4.69) is 37.8 Å². The predicted octanol–water partition coefficient (Wildman–Crippen LogP) is 3.44. The third-order valence-electron chi connectivity index (χ3n) is 3.47. The highest BCUT2D eigenvalue weighted by atomic mass is 32.1. The van der Waals surface area contributed by atoms with E-state index in [0.717, 1.165) is 12.3 Å². The van der Waals surface area contributed by atoms with Crippen LogP contribution < -0.4 is 0 Å². The summed E-state index contributed by atoms with van der Waals surface area (Å²) in [6, 6.07) is 8.38. The number of hydrogen-bond acceptors (Lipinski definition) is 5. The minimum Gasteiger partial charge on any atom is -0.467 e. The molecule has 0 aliphatic carbocycles. The van der Waals surface area contributed by atoms with Gasteiger partial charge in [-0.3, -0.25) is 4.90 Å². The molecule has 1 N–H and O–H groups in total. The van der Waals surface area contributed by atoms with Gasteiger partial charge in [-0.25, -0.2) is 0 Å². The first-order valence-electron chi connectivity index (χ1n) is 7.62. The molecule has 2 rings (SSSR count). The van der Waals surface area contributed by atoms with Crippen LogP contribution in [0.15, 0.2) is 34.9 Å². The van der Waals surface area contributed by atoms with Gasteiger partial charge in [0.05, 0.1) is 19.0 Å². The lowest BCUT2D eigenvalue weighted by atomic mass is 10.2. The number of furan rings is 1. The highest BCUT2D eigenvalue weighted by Gasteiger charge is 2.16. The Balaban J connectivity index is 1.77. The smallest absolute Gasteiger partial charge is 0.129 e. The zero-order valence-electron chi connectivity index (χ0n) is 13.5. The van der Waals surface area contributed by atoms with E-state index in [0.29, 0.717) is 25.8 Å². The molecule has 0 bridgehead atoms. The molecular weight excluding hydrogens is 298 g/mol. The van der Waals surface area contributed by atoms with E-state index < -0.39 is 6.10 Å². The lowest BCUT2D eigenvalue weighted by molar-refractivity contribution is -0.000979. The molecule has 0 aliphatic heterocycles. The minimum absolute atomic E-state index is 0.313. The van der Waals surface area contributed by atoms with E-state index in [1.165, 1.54) is 9.75 Å². The first kappa shape index (κ1) is 17.2. The Morgan fingerprint density at radius 2 is 2.14 bits per heavy atom. The van der Waals surface area contributed by atoms with Gasteiger partial charge >= 0.3 is 0 Å². The average Bonchev–Trinajstić information content (AvgIpc) is 3.10.